The van der Waals surface area contributed by atoms with Gasteiger partial charge in [0.1, 0.15) is 0 Å². The minimum Gasteiger partial charge on any atom is -0.314 e. The van der Waals surface area contributed by atoms with Crippen LogP contribution < -0.4 is 10.6 Å². The molecule has 1 atom stereocenters. The minimum absolute atomic E-state index is 0.0927. The molecule has 122 valence electrons. The normalized spacial score (nSPS) is 18.8. The third kappa shape index (κ3) is 4.29. The monoisotopic (exact) mass is 350 g/mol. The second-order valence-electron chi connectivity index (χ2n) is 5.57. The molecule has 1 aromatic carbocycles. The zero-order valence-electron chi connectivity index (χ0n) is 12.9. The van der Waals surface area contributed by atoms with Gasteiger partial charge < -0.3 is 10.6 Å². The molecule has 5 nitrogen and oxygen atoms in total. The maximum absolute atomic E-state index is 11.1. The van der Waals surface area contributed by atoms with E-state index in [4.69, 9.17) is 11.6 Å². The highest BCUT2D eigenvalue weighted by Gasteiger charge is 2.24. The molecular weight excluding hydrogens is 332 g/mol. The molecule has 1 aromatic heterocycles. The smallest absolute Gasteiger partial charge is 0.223 e. The number of carbonyl (C=O) groups is 1. The Morgan fingerprint density at radius 3 is 3.22 bits per heavy atom. The highest BCUT2D eigenvalue weighted by molar-refractivity contribution is 7.13. The maximum Gasteiger partial charge on any atom is 0.223 e. The van der Waals surface area contributed by atoms with E-state index in [1.165, 1.54) is 23.8 Å². The van der Waals surface area contributed by atoms with Crippen LogP contribution >= 0.6 is 22.9 Å². The summed E-state index contributed by atoms with van der Waals surface area (Å²) in [7, 11) is 0. The summed E-state index contributed by atoms with van der Waals surface area (Å²) >= 11 is 7.59. The summed E-state index contributed by atoms with van der Waals surface area (Å²) in [4.78, 5) is 18.0. The number of anilines is 1. The van der Waals surface area contributed by atoms with E-state index in [0.717, 1.165) is 36.9 Å². The Labute approximate surface area is 144 Å². The van der Waals surface area contributed by atoms with E-state index in [-0.39, 0.29) is 11.9 Å². The van der Waals surface area contributed by atoms with Crippen molar-refractivity contribution >= 4 is 34.0 Å². The summed E-state index contributed by atoms with van der Waals surface area (Å²) in [6, 6.07) is 8.29. The van der Waals surface area contributed by atoms with Crippen molar-refractivity contribution < 1.29 is 4.79 Å². The van der Waals surface area contributed by atoms with Gasteiger partial charge in [-0.15, -0.1) is 11.3 Å². The van der Waals surface area contributed by atoms with Gasteiger partial charge in [0.2, 0.25) is 5.91 Å². The first kappa shape index (κ1) is 16.4. The number of nitrogens with zero attached hydrogens (tertiary/aromatic N) is 2. The molecule has 1 amide bonds. The molecule has 23 heavy (non-hydrogen) atoms. The first-order valence-electron chi connectivity index (χ1n) is 7.54. The number of benzene rings is 1. The quantitative estimate of drug-likeness (QED) is 0.890. The first-order valence-corrected chi connectivity index (χ1v) is 8.80. The van der Waals surface area contributed by atoms with Gasteiger partial charge in [-0.3, -0.25) is 9.69 Å². The number of rotatable bonds is 4. The Kier molecular flexibility index (Phi) is 5.27. The zero-order chi connectivity index (χ0) is 16.2. The molecule has 7 heteroatoms. The maximum atomic E-state index is 11.1. The largest absolute Gasteiger partial charge is 0.314 e. The molecule has 0 radical (unpaired) electrons. The van der Waals surface area contributed by atoms with Gasteiger partial charge in [0.15, 0.2) is 5.13 Å². The van der Waals surface area contributed by atoms with Gasteiger partial charge in [0, 0.05) is 49.5 Å². The molecule has 2 aromatic rings. The Morgan fingerprint density at radius 1 is 1.57 bits per heavy atom. The number of hydrogen-bond donors (Lipinski definition) is 2. The predicted octanol–water partition coefficient (Wildman–Crippen LogP) is 2.90. The Balaban J connectivity index is 1.74. The van der Waals surface area contributed by atoms with E-state index in [1.54, 1.807) is 0 Å². The van der Waals surface area contributed by atoms with E-state index in [0.29, 0.717) is 5.13 Å². The second-order valence-corrected chi connectivity index (χ2v) is 6.87. The van der Waals surface area contributed by atoms with E-state index in [1.807, 2.05) is 23.6 Å². The molecule has 1 saturated heterocycles. The van der Waals surface area contributed by atoms with Crippen LogP contribution in [-0.2, 0) is 11.3 Å². The third-order valence-electron chi connectivity index (χ3n) is 3.79. The number of halogens is 1. The Morgan fingerprint density at radius 2 is 2.43 bits per heavy atom. The molecule has 0 spiro atoms. The minimum atomic E-state index is -0.0927. The van der Waals surface area contributed by atoms with Crippen molar-refractivity contribution in [3.05, 3.63) is 45.9 Å². The van der Waals surface area contributed by atoms with Crippen LogP contribution in [-0.4, -0.2) is 35.4 Å². The highest BCUT2D eigenvalue weighted by atomic mass is 35.5. The van der Waals surface area contributed by atoms with Crippen molar-refractivity contribution in [3.8, 4) is 0 Å². The van der Waals surface area contributed by atoms with E-state index in [2.05, 4.69) is 26.6 Å². The summed E-state index contributed by atoms with van der Waals surface area (Å²) < 4.78 is 0. The molecule has 0 aliphatic carbocycles. The number of hydrogen-bond acceptors (Lipinski definition) is 5. The van der Waals surface area contributed by atoms with Crippen molar-refractivity contribution in [2.24, 2.45) is 0 Å². The van der Waals surface area contributed by atoms with Crippen LogP contribution in [0.1, 0.15) is 24.2 Å². The molecule has 3 rings (SSSR count). The fourth-order valence-electron chi connectivity index (χ4n) is 2.77. The Bertz CT molecular complexity index is 690. The summed E-state index contributed by atoms with van der Waals surface area (Å²) in [6.45, 7) is 5.05. The van der Waals surface area contributed by atoms with E-state index < -0.39 is 0 Å². The van der Waals surface area contributed by atoms with Crippen LogP contribution in [0.25, 0.3) is 0 Å². The number of piperazine rings is 1. The van der Waals surface area contributed by atoms with E-state index in [9.17, 15) is 4.79 Å². The molecule has 0 bridgehead atoms. The lowest BCUT2D eigenvalue weighted by molar-refractivity contribution is -0.114. The van der Waals surface area contributed by atoms with Gasteiger partial charge in [0.25, 0.3) is 0 Å². The van der Waals surface area contributed by atoms with Crippen molar-refractivity contribution in [2.75, 3.05) is 25.0 Å². The van der Waals surface area contributed by atoms with Gasteiger partial charge in [-0.2, -0.15) is 0 Å². The SMILES string of the molecule is CC(=O)Nc1nc(CN2CCNCC2c2cccc(Cl)c2)cs1. The van der Waals surface area contributed by atoms with Crippen molar-refractivity contribution in [1.29, 1.82) is 0 Å². The number of carbonyl (C=O) groups excluding carboxylic acids is 1. The van der Waals surface area contributed by atoms with Crippen LogP contribution in [0.3, 0.4) is 0 Å². The zero-order valence-corrected chi connectivity index (χ0v) is 14.5. The summed E-state index contributed by atoms with van der Waals surface area (Å²) in [6.07, 6.45) is 0. The van der Waals surface area contributed by atoms with Crippen molar-refractivity contribution in [2.45, 2.75) is 19.5 Å². The molecule has 1 fully saturated rings. The van der Waals surface area contributed by atoms with E-state index >= 15 is 0 Å². The van der Waals surface area contributed by atoms with Gasteiger partial charge in [-0.25, -0.2) is 4.98 Å². The lowest BCUT2D eigenvalue weighted by atomic mass is 10.0. The molecule has 1 aliphatic rings. The van der Waals surface area contributed by atoms with Gasteiger partial charge >= 0.3 is 0 Å². The number of thiazole rings is 1. The van der Waals surface area contributed by atoms with Crippen LogP contribution in [0, 0.1) is 0 Å². The topological polar surface area (TPSA) is 57.3 Å². The van der Waals surface area contributed by atoms with Crippen LogP contribution in [0.5, 0.6) is 0 Å². The molecule has 0 saturated carbocycles. The van der Waals surface area contributed by atoms with Crippen LogP contribution in [0.4, 0.5) is 5.13 Å². The summed E-state index contributed by atoms with van der Waals surface area (Å²) in [5.41, 5.74) is 2.19. The predicted molar refractivity (Wildman–Crippen MR) is 93.9 cm³/mol. The standard InChI is InChI=1S/C16H19ClN4OS/c1-11(22)19-16-20-14(10-23-16)9-21-6-5-18-8-15(21)12-3-2-4-13(17)7-12/h2-4,7,10,15,18H,5-6,8-9H2,1H3,(H,19,20,22). The third-order valence-corrected chi connectivity index (χ3v) is 4.83. The highest BCUT2D eigenvalue weighted by Crippen LogP contribution is 2.27. The van der Waals surface area contributed by atoms with Gasteiger partial charge in [0.05, 0.1) is 5.69 Å². The number of amides is 1. The molecule has 1 aliphatic heterocycles. The average molecular weight is 351 g/mol. The molecular formula is C16H19ClN4OS. The first-order chi connectivity index (χ1) is 11.1. The van der Waals surface area contributed by atoms with Crippen molar-refractivity contribution in [1.82, 2.24) is 15.2 Å². The lowest BCUT2D eigenvalue weighted by Gasteiger charge is -2.36. The van der Waals surface area contributed by atoms with Gasteiger partial charge in [-0.1, -0.05) is 23.7 Å². The second kappa shape index (κ2) is 7.40. The van der Waals surface area contributed by atoms with Crippen LogP contribution in [0.15, 0.2) is 29.6 Å². The van der Waals surface area contributed by atoms with Gasteiger partial charge in [-0.05, 0) is 17.7 Å². The fourth-order valence-corrected chi connectivity index (χ4v) is 3.72. The van der Waals surface area contributed by atoms with Crippen molar-refractivity contribution in [3.63, 3.8) is 0 Å². The number of nitrogens with one attached hydrogen (secondary N) is 2. The Hall–Kier alpha value is -1.47. The molecule has 2 heterocycles. The number of aromatic nitrogens is 1. The summed E-state index contributed by atoms with van der Waals surface area (Å²) in [5, 5.41) is 9.59. The average Bonchev–Trinajstić information content (AvgIpc) is 2.94. The molecule has 2 N–H and O–H groups in total. The van der Waals surface area contributed by atoms with Crippen LogP contribution in [0.2, 0.25) is 5.02 Å². The lowest BCUT2D eigenvalue weighted by Crippen LogP contribution is -2.45. The molecule has 1 unspecified atom stereocenters. The fraction of sp³-hybridized carbons (Fsp3) is 0.375. The summed E-state index contributed by atoms with van der Waals surface area (Å²) in [5.74, 6) is -0.0927.